The molecule has 0 saturated carbocycles. The largest absolute Gasteiger partial charge is 0.388 e. The number of rotatable bonds is 3. The van der Waals surface area contributed by atoms with Crippen molar-refractivity contribution in [1.29, 1.82) is 0 Å². The second kappa shape index (κ2) is 5.23. The Kier molecular flexibility index (Phi) is 3.69. The minimum absolute atomic E-state index is 1.10. The summed E-state index contributed by atoms with van der Waals surface area (Å²) in [7, 11) is 3.99. The van der Waals surface area contributed by atoms with Gasteiger partial charge in [-0.2, -0.15) is 0 Å². The number of benzene rings is 2. The third-order valence-electron chi connectivity index (χ3n) is 2.76. The predicted octanol–water partition coefficient (Wildman–Crippen LogP) is 4.26. The Bertz CT molecular complexity index is 477. The molecule has 0 aromatic heterocycles. The molecule has 1 N–H and O–H groups in total. The molecule has 0 unspecified atom stereocenters. The van der Waals surface area contributed by atoms with E-state index in [0.29, 0.717) is 0 Å². The summed E-state index contributed by atoms with van der Waals surface area (Å²) in [6.07, 6.45) is 0. The van der Waals surface area contributed by atoms with Crippen molar-refractivity contribution in [3.8, 4) is 0 Å². The Morgan fingerprint density at radius 1 is 0.882 bits per heavy atom. The van der Waals surface area contributed by atoms with E-state index in [2.05, 4.69) is 69.6 Å². The van der Waals surface area contributed by atoms with Crippen LogP contribution >= 0.6 is 15.9 Å². The van der Waals surface area contributed by atoms with E-state index < -0.39 is 0 Å². The predicted molar refractivity (Wildman–Crippen MR) is 78.2 cm³/mol. The summed E-state index contributed by atoms with van der Waals surface area (Å²) in [5, 5.41) is 3.12. The van der Waals surface area contributed by atoms with Crippen LogP contribution in [0.1, 0.15) is 0 Å². The Morgan fingerprint density at radius 3 is 1.82 bits per heavy atom. The highest BCUT2D eigenvalue weighted by Crippen LogP contribution is 2.25. The number of hydrogen-bond acceptors (Lipinski definition) is 2. The maximum Gasteiger partial charge on any atom is 0.0409 e. The Labute approximate surface area is 110 Å². The van der Waals surface area contributed by atoms with Gasteiger partial charge >= 0.3 is 0 Å². The summed E-state index contributed by atoms with van der Waals surface area (Å²) >= 11 is 3.44. The van der Waals surface area contributed by atoms with Crippen molar-refractivity contribution in [2.75, 3.05) is 24.3 Å². The zero-order valence-corrected chi connectivity index (χ0v) is 11.5. The third kappa shape index (κ3) is 2.80. The van der Waals surface area contributed by atoms with E-state index in [1.165, 1.54) is 11.4 Å². The lowest BCUT2D eigenvalue weighted by Crippen LogP contribution is -2.08. The number of halogens is 1. The molecule has 0 fully saturated rings. The molecule has 2 nitrogen and oxygen atoms in total. The lowest BCUT2D eigenvalue weighted by atomic mass is 10.2. The van der Waals surface area contributed by atoms with Gasteiger partial charge in [0.1, 0.15) is 0 Å². The maximum absolute atomic E-state index is 3.44. The first-order chi connectivity index (χ1) is 8.20. The van der Waals surface area contributed by atoms with Crippen LogP contribution in [0, 0.1) is 0 Å². The fourth-order valence-electron chi connectivity index (χ4n) is 1.67. The number of anilines is 3. The van der Waals surface area contributed by atoms with Gasteiger partial charge in [0.2, 0.25) is 0 Å². The van der Waals surface area contributed by atoms with Gasteiger partial charge in [0, 0.05) is 35.6 Å². The van der Waals surface area contributed by atoms with Gasteiger partial charge in [-0.05, 0) is 48.5 Å². The van der Waals surface area contributed by atoms with Crippen molar-refractivity contribution in [2.45, 2.75) is 0 Å². The summed E-state index contributed by atoms with van der Waals surface area (Å²) in [5.41, 5.74) is 3.47. The highest BCUT2D eigenvalue weighted by atomic mass is 79.9. The normalized spacial score (nSPS) is 10.1. The van der Waals surface area contributed by atoms with E-state index in [4.69, 9.17) is 0 Å². The third-order valence-corrected chi connectivity index (χ3v) is 3.29. The van der Waals surface area contributed by atoms with Crippen LogP contribution in [0.5, 0.6) is 0 Å². The molecule has 0 aliphatic rings. The smallest absolute Gasteiger partial charge is 0.0409 e. The molecule has 0 aliphatic carbocycles. The average molecular weight is 291 g/mol. The van der Waals surface area contributed by atoms with Crippen LogP contribution in [-0.4, -0.2) is 14.1 Å². The molecule has 0 amide bonds. The van der Waals surface area contributed by atoms with Crippen molar-refractivity contribution in [3.05, 3.63) is 53.0 Å². The van der Waals surface area contributed by atoms with Crippen molar-refractivity contribution < 1.29 is 0 Å². The van der Waals surface area contributed by atoms with E-state index in [1.807, 2.05) is 19.2 Å². The van der Waals surface area contributed by atoms with Gasteiger partial charge in [-0.1, -0.05) is 15.9 Å². The van der Waals surface area contributed by atoms with Gasteiger partial charge in [0.15, 0.2) is 0 Å². The first-order valence-electron chi connectivity index (χ1n) is 5.48. The molecule has 17 heavy (non-hydrogen) atoms. The van der Waals surface area contributed by atoms with E-state index in [-0.39, 0.29) is 0 Å². The fourth-order valence-corrected chi connectivity index (χ4v) is 1.93. The average Bonchev–Trinajstić information content (AvgIpc) is 2.39. The monoisotopic (exact) mass is 290 g/mol. The van der Waals surface area contributed by atoms with Gasteiger partial charge in [0.25, 0.3) is 0 Å². The number of nitrogens with zero attached hydrogens (tertiary/aromatic N) is 1. The maximum atomic E-state index is 3.44. The van der Waals surface area contributed by atoms with Crippen molar-refractivity contribution in [2.24, 2.45) is 0 Å². The molecule has 0 atom stereocenters. The van der Waals surface area contributed by atoms with E-state index >= 15 is 0 Å². The summed E-state index contributed by atoms with van der Waals surface area (Å²) < 4.78 is 1.10. The number of hydrogen-bond donors (Lipinski definition) is 1. The van der Waals surface area contributed by atoms with Gasteiger partial charge in [-0.3, -0.25) is 0 Å². The standard InChI is InChI=1S/C14H15BrN2/c1-16-12-5-9-14(10-6-12)17(2)13-7-3-11(15)4-8-13/h3-10,16H,1-2H3. The molecular weight excluding hydrogens is 276 g/mol. The first-order valence-corrected chi connectivity index (χ1v) is 6.27. The molecule has 2 aromatic rings. The molecule has 0 spiro atoms. The Balaban J connectivity index is 2.23. The topological polar surface area (TPSA) is 15.3 Å². The Morgan fingerprint density at radius 2 is 1.35 bits per heavy atom. The molecule has 88 valence electrons. The molecule has 0 heterocycles. The zero-order valence-electron chi connectivity index (χ0n) is 9.94. The van der Waals surface area contributed by atoms with Crippen LogP contribution < -0.4 is 10.2 Å². The van der Waals surface area contributed by atoms with Gasteiger partial charge in [-0.25, -0.2) is 0 Å². The molecule has 0 bridgehead atoms. The molecular formula is C14H15BrN2. The van der Waals surface area contributed by atoms with Crippen LogP contribution in [0.15, 0.2) is 53.0 Å². The number of nitrogens with one attached hydrogen (secondary N) is 1. The summed E-state index contributed by atoms with van der Waals surface area (Å²) in [4.78, 5) is 2.16. The lowest BCUT2D eigenvalue weighted by Gasteiger charge is -2.19. The van der Waals surface area contributed by atoms with E-state index in [9.17, 15) is 0 Å². The summed E-state index contributed by atoms with van der Waals surface area (Å²) in [6, 6.07) is 16.6. The summed E-state index contributed by atoms with van der Waals surface area (Å²) in [5.74, 6) is 0. The van der Waals surface area contributed by atoms with Crippen LogP contribution in [-0.2, 0) is 0 Å². The highest BCUT2D eigenvalue weighted by molar-refractivity contribution is 9.10. The fraction of sp³-hybridized carbons (Fsp3) is 0.143. The molecule has 3 heteroatoms. The summed E-state index contributed by atoms with van der Waals surface area (Å²) in [6.45, 7) is 0. The minimum Gasteiger partial charge on any atom is -0.388 e. The SMILES string of the molecule is CNc1ccc(N(C)c2ccc(Br)cc2)cc1. The van der Waals surface area contributed by atoms with Crippen molar-refractivity contribution >= 4 is 33.0 Å². The van der Waals surface area contributed by atoms with Crippen molar-refractivity contribution in [1.82, 2.24) is 0 Å². The molecule has 2 aromatic carbocycles. The first kappa shape index (κ1) is 12.0. The lowest BCUT2D eigenvalue weighted by molar-refractivity contribution is 1.21. The Hall–Kier alpha value is -1.48. The van der Waals surface area contributed by atoms with Crippen LogP contribution in [0.4, 0.5) is 17.1 Å². The van der Waals surface area contributed by atoms with Gasteiger partial charge in [0.05, 0.1) is 0 Å². The van der Waals surface area contributed by atoms with Crippen LogP contribution in [0.25, 0.3) is 0 Å². The van der Waals surface area contributed by atoms with Crippen LogP contribution in [0.3, 0.4) is 0 Å². The minimum atomic E-state index is 1.10. The second-order valence-electron chi connectivity index (χ2n) is 3.83. The van der Waals surface area contributed by atoms with Gasteiger partial charge < -0.3 is 10.2 Å². The van der Waals surface area contributed by atoms with Gasteiger partial charge in [-0.15, -0.1) is 0 Å². The van der Waals surface area contributed by atoms with Crippen LogP contribution in [0.2, 0.25) is 0 Å². The second-order valence-corrected chi connectivity index (χ2v) is 4.75. The highest BCUT2D eigenvalue weighted by Gasteiger charge is 2.03. The van der Waals surface area contributed by atoms with E-state index in [1.54, 1.807) is 0 Å². The quantitative estimate of drug-likeness (QED) is 0.909. The molecule has 0 saturated heterocycles. The molecule has 0 aliphatic heterocycles. The zero-order chi connectivity index (χ0) is 12.3. The van der Waals surface area contributed by atoms with E-state index in [0.717, 1.165) is 10.2 Å². The molecule has 2 rings (SSSR count). The van der Waals surface area contributed by atoms with Crippen molar-refractivity contribution in [3.63, 3.8) is 0 Å². The molecule has 0 radical (unpaired) electrons.